The van der Waals surface area contributed by atoms with Gasteiger partial charge in [0.25, 0.3) is 0 Å². The Morgan fingerprint density at radius 1 is 1.14 bits per heavy atom. The predicted octanol–water partition coefficient (Wildman–Crippen LogP) is 2.33. The molecule has 2 aromatic rings. The van der Waals surface area contributed by atoms with Gasteiger partial charge in [0.05, 0.1) is 25.3 Å². The lowest BCUT2D eigenvalue weighted by Crippen LogP contribution is -2.48. The van der Waals surface area contributed by atoms with Gasteiger partial charge in [-0.15, -0.1) is 0 Å². The summed E-state index contributed by atoms with van der Waals surface area (Å²) < 4.78 is 11.8. The van der Waals surface area contributed by atoms with Gasteiger partial charge in [0.1, 0.15) is 12.4 Å². The summed E-state index contributed by atoms with van der Waals surface area (Å²) in [6.07, 6.45) is 1.37. The molecule has 29 heavy (non-hydrogen) atoms. The molecule has 0 aliphatic carbocycles. The van der Waals surface area contributed by atoms with Crippen molar-refractivity contribution in [3.05, 3.63) is 65.7 Å². The molecule has 6 nitrogen and oxygen atoms in total. The average molecular weight is 394 g/mol. The van der Waals surface area contributed by atoms with Crippen LogP contribution in [0.2, 0.25) is 0 Å². The number of amides is 1. The van der Waals surface area contributed by atoms with Crippen LogP contribution in [0, 0.1) is 0 Å². The van der Waals surface area contributed by atoms with Crippen molar-refractivity contribution in [3.8, 4) is 5.75 Å². The van der Waals surface area contributed by atoms with Gasteiger partial charge in [-0.1, -0.05) is 42.5 Å². The van der Waals surface area contributed by atoms with E-state index in [2.05, 4.69) is 29.2 Å². The molecule has 0 saturated carbocycles. The summed E-state index contributed by atoms with van der Waals surface area (Å²) in [6, 6.07) is 18.3. The highest BCUT2D eigenvalue weighted by molar-refractivity contribution is 5.82. The quantitative estimate of drug-likeness (QED) is 0.815. The molecule has 6 heteroatoms. The lowest BCUT2D eigenvalue weighted by molar-refractivity contribution is -0.138. The maximum absolute atomic E-state index is 13.0. The summed E-state index contributed by atoms with van der Waals surface area (Å²) >= 11 is 0. The van der Waals surface area contributed by atoms with Gasteiger partial charge >= 0.3 is 0 Å². The van der Waals surface area contributed by atoms with Crippen molar-refractivity contribution in [1.29, 1.82) is 0 Å². The van der Waals surface area contributed by atoms with E-state index in [1.807, 2.05) is 35.2 Å². The summed E-state index contributed by atoms with van der Waals surface area (Å²) in [4.78, 5) is 17.4. The van der Waals surface area contributed by atoms with Crippen LogP contribution in [0.25, 0.3) is 0 Å². The molecule has 0 radical (unpaired) electrons. The first-order valence-electron chi connectivity index (χ1n) is 10.3. The van der Waals surface area contributed by atoms with Crippen molar-refractivity contribution < 1.29 is 19.4 Å². The number of ether oxygens (including phenoxy) is 2. The zero-order chi connectivity index (χ0) is 19.8. The van der Waals surface area contributed by atoms with E-state index in [1.165, 1.54) is 5.56 Å². The molecular formula is C23H26N2O4. The van der Waals surface area contributed by atoms with Gasteiger partial charge in [-0.05, 0) is 23.3 Å². The molecule has 3 aliphatic rings. The first-order valence-corrected chi connectivity index (χ1v) is 10.3. The van der Waals surface area contributed by atoms with Crippen LogP contribution in [-0.4, -0.2) is 58.9 Å². The van der Waals surface area contributed by atoms with E-state index in [4.69, 9.17) is 14.6 Å². The minimum atomic E-state index is -0.484. The molecule has 2 aromatic carbocycles. The minimum absolute atomic E-state index is 0.00773. The Labute approximate surface area is 170 Å². The number of carbonyl (C=O) groups is 1. The second-order valence-electron chi connectivity index (χ2n) is 8.00. The Morgan fingerprint density at radius 3 is 2.69 bits per heavy atom. The van der Waals surface area contributed by atoms with Crippen molar-refractivity contribution in [2.75, 3.05) is 26.4 Å². The van der Waals surface area contributed by atoms with Crippen LogP contribution in [-0.2, 0) is 16.1 Å². The Morgan fingerprint density at radius 2 is 1.93 bits per heavy atom. The van der Waals surface area contributed by atoms with Crippen molar-refractivity contribution in [2.45, 2.75) is 37.2 Å². The summed E-state index contributed by atoms with van der Waals surface area (Å²) in [5, 5.41) is 8.87. The average Bonchev–Trinajstić information content (AvgIpc) is 3.38. The molecule has 1 spiro atoms. The van der Waals surface area contributed by atoms with Gasteiger partial charge in [-0.25, -0.2) is 0 Å². The number of benzene rings is 2. The van der Waals surface area contributed by atoms with Gasteiger partial charge in [-0.2, -0.15) is 0 Å². The van der Waals surface area contributed by atoms with Gasteiger partial charge in [0.15, 0.2) is 5.72 Å². The number of rotatable bonds is 6. The normalized spacial score (nSPS) is 28.6. The second kappa shape index (κ2) is 7.44. The standard InChI is InChI=1S/C23H26N2O4/c26-12-13-28-19-8-6-17(7-9-19)15-24-11-10-23-21(24)14-22(27)25(23)20(16-29-23)18-4-2-1-3-5-18/h1-9,20-21,26H,10-16H2/t20-,21+,23-/m0/s1. The third kappa shape index (κ3) is 3.12. The number of nitrogens with zero attached hydrogens (tertiary/aromatic N) is 2. The Bertz CT molecular complexity index is 872. The molecule has 0 bridgehead atoms. The fraction of sp³-hybridized carbons (Fsp3) is 0.435. The Hall–Kier alpha value is -2.41. The van der Waals surface area contributed by atoms with E-state index in [-0.39, 0.29) is 24.6 Å². The second-order valence-corrected chi connectivity index (χ2v) is 8.00. The largest absolute Gasteiger partial charge is 0.491 e. The van der Waals surface area contributed by atoms with Crippen LogP contribution >= 0.6 is 0 Å². The van der Waals surface area contributed by atoms with E-state index in [0.29, 0.717) is 19.6 Å². The maximum atomic E-state index is 13.0. The van der Waals surface area contributed by atoms with Crippen LogP contribution in [0.3, 0.4) is 0 Å². The van der Waals surface area contributed by atoms with Crippen LogP contribution in [0.1, 0.15) is 30.0 Å². The molecule has 0 aromatic heterocycles. The first kappa shape index (κ1) is 18.6. The highest BCUT2D eigenvalue weighted by atomic mass is 16.5. The number of aliphatic hydroxyl groups excluding tert-OH is 1. The number of hydrogen-bond donors (Lipinski definition) is 1. The highest BCUT2D eigenvalue weighted by Crippen LogP contribution is 2.51. The van der Waals surface area contributed by atoms with E-state index in [1.54, 1.807) is 0 Å². The number of aliphatic hydroxyl groups is 1. The first-order chi connectivity index (χ1) is 14.2. The number of likely N-dealkylation sites (tertiary alicyclic amines) is 1. The monoisotopic (exact) mass is 394 g/mol. The van der Waals surface area contributed by atoms with Crippen molar-refractivity contribution >= 4 is 5.91 Å². The van der Waals surface area contributed by atoms with Crippen molar-refractivity contribution in [3.63, 3.8) is 0 Å². The van der Waals surface area contributed by atoms with Gasteiger partial charge in [0.2, 0.25) is 5.91 Å². The molecule has 3 saturated heterocycles. The minimum Gasteiger partial charge on any atom is -0.491 e. The SMILES string of the molecule is O=C1C[C@H]2N(Cc3ccc(OCCO)cc3)CC[C@]23OC[C@@H](c2ccccc2)N13. The smallest absolute Gasteiger partial charge is 0.227 e. The van der Waals surface area contributed by atoms with Crippen LogP contribution < -0.4 is 4.74 Å². The molecular weight excluding hydrogens is 368 g/mol. The van der Waals surface area contributed by atoms with E-state index < -0.39 is 5.72 Å². The van der Waals surface area contributed by atoms with E-state index in [9.17, 15) is 4.79 Å². The number of carbonyl (C=O) groups excluding carboxylic acids is 1. The van der Waals surface area contributed by atoms with Gasteiger partial charge in [-0.3, -0.25) is 9.69 Å². The molecule has 5 rings (SSSR count). The van der Waals surface area contributed by atoms with E-state index in [0.717, 1.165) is 30.8 Å². The highest BCUT2D eigenvalue weighted by Gasteiger charge is 2.64. The van der Waals surface area contributed by atoms with Crippen molar-refractivity contribution in [2.24, 2.45) is 0 Å². The fourth-order valence-corrected chi connectivity index (χ4v) is 5.13. The Balaban J connectivity index is 1.32. The third-order valence-corrected chi connectivity index (χ3v) is 6.42. The predicted molar refractivity (Wildman–Crippen MR) is 107 cm³/mol. The van der Waals surface area contributed by atoms with Crippen LogP contribution in [0.4, 0.5) is 0 Å². The lowest BCUT2D eigenvalue weighted by atomic mass is 10.0. The molecule has 3 aliphatic heterocycles. The van der Waals surface area contributed by atoms with Crippen molar-refractivity contribution in [1.82, 2.24) is 9.80 Å². The zero-order valence-electron chi connectivity index (χ0n) is 16.4. The topological polar surface area (TPSA) is 62.2 Å². The van der Waals surface area contributed by atoms with Gasteiger partial charge in [0, 0.05) is 25.9 Å². The molecule has 3 atom stereocenters. The molecule has 1 N–H and O–H groups in total. The fourth-order valence-electron chi connectivity index (χ4n) is 5.13. The van der Waals surface area contributed by atoms with E-state index >= 15 is 0 Å². The lowest BCUT2D eigenvalue weighted by Gasteiger charge is -2.33. The molecule has 0 unspecified atom stereocenters. The molecule has 1 amide bonds. The summed E-state index contributed by atoms with van der Waals surface area (Å²) in [7, 11) is 0. The van der Waals surface area contributed by atoms with Gasteiger partial charge < -0.3 is 19.5 Å². The molecule has 152 valence electrons. The summed E-state index contributed by atoms with van der Waals surface area (Å²) in [5.74, 6) is 0.951. The molecule has 3 fully saturated rings. The number of hydrogen-bond acceptors (Lipinski definition) is 5. The third-order valence-electron chi connectivity index (χ3n) is 6.42. The summed E-state index contributed by atoms with van der Waals surface area (Å²) in [5.41, 5.74) is 1.85. The zero-order valence-corrected chi connectivity index (χ0v) is 16.4. The summed E-state index contributed by atoms with van der Waals surface area (Å²) in [6.45, 7) is 2.57. The van der Waals surface area contributed by atoms with Crippen LogP contribution in [0.15, 0.2) is 54.6 Å². The maximum Gasteiger partial charge on any atom is 0.227 e. The van der Waals surface area contributed by atoms with Crippen LogP contribution in [0.5, 0.6) is 5.75 Å². The Kier molecular flexibility index (Phi) is 4.78. The molecule has 3 heterocycles.